The van der Waals surface area contributed by atoms with Crippen molar-refractivity contribution in [3.8, 4) is 0 Å². The Morgan fingerprint density at radius 2 is 1.60 bits per heavy atom. The van der Waals surface area contributed by atoms with Crippen molar-refractivity contribution in [2.24, 2.45) is 0 Å². The van der Waals surface area contributed by atoms with E-state index in [0.29, 0.717) is 0 Å². The molecule has 0 saturated carbocycles. The molecule has 1 aliphatic heterocycles. The molecule has 0 N–H and O–H groups in total. The van der Waals surface area contributed by atoms with E-state index >= 15 is 0 Å². The number of nitrogens with zero attached hydrogens (tertiary/aromatic N) is 2. The molecule has 152 valence electrons. The maximum Gasteiger partial charge on any atom is 0.254 e. The van der Waals surface area contributed by atoms with E-state index in [1.165, 1.54) is 22.3 Å². The van der Waals surface area contributed by atoms with Gasteiger partial charge in [-0.2, -0.15) is 0 Å². The molecule has 5 rings (SSSR count). The Bertz CT molecular complexity index is 1020. The van der Waals surface area contributed by atoms with Crippen LogP contribution in [0.5, 0.6) is 0 Å². The summed E-state index contributed by atoms with van der Waals surface area (Å²) in [6, 6.07) is 27.5. The van der Waals surface area contributed by atoms with Crippen molar-refractivity contribution in [1.82, 2.24) is 9.80 Å². The minimum atomic E-state index is 0.0772. The Kier molecular flexibility index (Phi) is 5.37. The molecule has 3 nitrogen and oxygen atoms in total. The van der Waals surface area contributed by atoms with Crippen LogP contribution in [-0.4, -0.2) is 35.3 Å². The van der Waals surface area contributed by atoms with Crippen molar-refractivity contribution < 1.29 is 4.79 Å². The van der Waals surface area contributed by atoms with Gasteiger partial charge in [-0.3, -0.25) is 9.69 Å². The van der Waals surface area contributed by atoms with Gasteiger partial charge in [0.15, 0.2) is 0 Å². The average molecular weight is 397 g/mol. The SMILES string of the molecule is O=C(c1cccc2c1CCC2)N1CCN(Cc2ccccc2)CC1c1ccccc1. The smallest absolute Gasteiger partial charge is 0.254 e. The Balaban J connectivity index is 1.43. The topological polar surface area (TPSA) is 23.6 Å². The van der Waals surface area contributed by atoms with Gasteiger partial charge in [0.1, 0.15) is 0 Å². The minimum Gasteiger partial charge on any atom is -0.329 e. The molecular weight excluding hydrogens is 368 g/mol. The summed E-state index contributed by atoms with van der Waals surface area (Å²) in [5, 5.41) is 0. The molecule has 0 radical (unpaired) electrons. The molecule has 1 aliphatic carbocycles. The second-order valence-corrected chi connectivity index (χ2v) is 8.44. The van der Waals surface area contributed by atoms with E-state index in [0.717, 1.165) is 51.0 Å². The third-order valence-electron chi connectivity index (χ3n) is 6.54. The van der Waals surface area contributed by atoms with Crippen LogP contribution in [0.3, 0.4) is 0 Å². The summed E-state index contributed by atoms with van der Waals surface area (Å²) >= 11 is 0. The summed E-state index contributed by atoms with van der Waals surface area (Å²) in [6.07, 6.45) is 3.29. The average Bonchev–Trinajstić information content (AvgIpc) is 3.29. The van der Waals surface area contributed by atoms with Crippen LogP contribution in [0.2, 0.25) is 0 Å². The Labute approximate surface area is 178 Å². The van der Waals surface area contributed by atoms with Crippen LogP contribution in [0.4, 0.5) is 0 Å². The van der Waals surface area contributed by atoms with Crippen molar-refractivity contribution in [3.63, 3.8) is 0 Å². The van der Waals surface area contributed by atoms with Gasteiger partial charge in [-0.25, -0.2) is 0 Å². The van der Waals surface area contributed by atoms with E-state index in [4.69, 9.17) is 0 Å². The van der Waals surface area contributed by atoms with Crippen LogP contribution >= 0.6 is 0 Å². The first-order chi connectivity index (χ1) is 14.8. The van der Waals surface area contributed by atoms with Crippen molar-refractivity contribution in [3.05, 3.63) is 107 Å². The molecule has 3 aromatic rings. The van der Waals surface area contributed by atoms with Gasteiger partial charge >= 0.3 is 0 Å². The quantitative estimate of drug-likeness (QED) is 0.628. The molecule has 1 atom stereocenters. The molecule has 1 heterocycles. The fraction of sp³-hybridized carbons (Fsp3) is 0.296. The van der Waals surface area contributed by atoms with Crippen molar-refractivity contribution in [2.45, 2.75) is 31.8 Å². The predicted molar refractivity (Wildman–Crippen MR) is 120 cm³/mol. The summed E-state index contributed by atoms with van der Waals surface area (Å²) in [4.78, 5) is 18.3. The maximum absolute atomic E-state index is 13.7. The fourth-order valence-corrected chi connectivity index (χ4v) is 5.00. The Morgan fingerprint density at radius 3 is 2.40 bits per heavy atom. The summed E-state index contributed by atoms with van der Waals surface area (Å²) < 4.78 is 0. The zero-order valence-electron chi connectivity index (χ0n) is 17.3. The number of amides is 1. The van der Waals surface area contributed by atoms with Crippen LogP contribution < -0.4 is 0 Å². The highest BCUT2D eigenvalue weighted by molar-refractivity contribution is 5.96. The number of carbonyl (C=O) groups excluding carboxylic acids is 1. The minimum absolute atomic E-state index is 0.0772. The van der Waals surface area contributed by atoms with Gasteiger partial charge in [0, 0.05) is 31.7 Å². The maximum atomic E-state index is 13.7. The number of piperazine rings is 1. The number of hydrogen-bond acceptors (Lipinski definition) is 2. The van der Waals surface area contributed by atoms with E-state index in [2.05, 4.69) is 76.5 Å². The number of fused-ring (bicyclic) bond motifs is 1. The fourth-order valence-electron chi connectivity index (χ4n) is 5.00. The van der Waals surface area contributed by atoms with E-state index < -0.39 is 0 Å². The molecular formula is C27H28N2O. The van der Waals surface area contributed by atoms with Crippen LogP contribution in [0.25, 0.3) is 0 Å². The molecule has 1 saturated heterocycles. The number of benzene rings is 3. The van der Waals surface area contributed by atoms with Gasteiger partial charge in [-0.1, -0.05) is 72.8 Å². The second-order valence-electron chi connectivity index (χ2n) is 8.44. The van der Waals surface area contributed by atoms with Crippen molar-refractivity contribution in [2.75, 3.05) is 19.6 Å². The molecule has 0 bridgehead atoms. The lowest BCUT2D eigenvalue weighted by Crippen LogP contribution is -2.50. The van der Waals surface area contributed by atoms with Crippen LogP contribution in [0.1, 0.15) is 45.1 Å². The molecule has 3 aromatic carbocycles. The third-order valence-corrected chi connectivity index (χ3v) is 6.54. The highest BCUT2D eigenvalue weighted by Gasteiger charge is 2.33. The van der Waals surface area contributed by atoms with Crippen LogP contribution in [-0.2, 0) is 19.4 Å². The first-order valence-electron chi connectivity index (χ1n) is 11.0. The van der Waals surface area contributed by atoms with Gasteiger partial charge in [-0.15, -0.1) is 0 Å². The summed E-state index contributed by atoms with van der Waals surface area (Å²) in [6.45, 7) is 3.44. The first kappa shape index (κ1) is 19.1. The van der Waals surface area contributed by atoms with E-state index in [9.17, 15) is 4.79 Å². The summed E-state index contributed by atoms with van der Waals surface area (Å²) in [5.41, 5.74) is 6.10. The van der Waals surface area contributed by atoms with Gasteiger partial charge in [0.2, 0.25) is 0 Å². The summed E-state index contributed by atoms with van der Waals surface area (Å²) in [7, 11) is 0. The van der Waals surface area contributed by atoms with E-state index in [1.807, 2.05) is 12.1 Å². The molecule has 1 fully saturated rings. The molecule has 1 amide bonds. The highest BCUT2D eigenvalue weighted by Crippen LogP contribution is 2.31. The normalized spacial score (nSPS) is 18.9. The largest absolute Gasteiger partial charge is 0.329 e. The lowest BCUT2D eigenvalue weighted by atomic mass is 9.98. The number of carbonyl (C=O) groups is 1. The van der Waals surface area contributed by atoms with Gasteiger partial charge in [0.25, 0.3) is 5.91 Å². The van der Waals surface area contributed by atoms with Gasteiger partial charge in [0.05, 0.1) is 6.04 Å². The molecule has 0 aromatic heterocycles. The van der Waals surface area contributed by atoms with Gasteiger partial charge in [-0.05, 0) is 47.6 Å². The Hall–Kier alpha value is -2.91. The number of aryl methyl sites for hydroxylation is 1. The molecule has 0 spiro atoms. The lowest BCUT2D eigenvalue weighted by molar-refractivity contribution is 0.0433. The number of rotatable bonds is 4. The zero-order chi connectivity index (χ0) is 20.3. The van der Waals surface area contributed by atoms with E-state index in [-0.39, 0.29) is 11.9 Å². The zero-order valence-corrected chi connectivity index (χ0v) is 17.3. The monoisotopic (exact) mass is 396 g/mol. The van der Waals surface area contributed by atoms with Gasteiger partial charge < -0.3 is 4.90 Å². The van der Waals surface area contributed by atoms with Crippen molar-refractivity contribution in [1.29, 1.82) is 0 Å². The van der Waals surface area contributed by atoms with Crippen LogP contribution in [0, 0.1) is 0 Å². The first-order valence-corrected chi connectivity index (χ1v) is 11.0. The van der Waals surface area contributed by atoms with E-state index in [1.54, 1.807) is 0 Å². The predicted octanol–water partition coefficient (Wildman–Crippen LogP) is 4.87. The molecule has 1 unspecified atom stereocenters. The molecule has 30 heavy (non-hydrogen) atoms. The third kappa shape index (κ3) is 3.78. The Morgan fingerprint density at radius 1 is 0.833 bits per heavy atom. The molecule has 2 aliphatic rings. The lowest BCUT2D eigenvalue weighted by Gasteiger charge is -2.42. The van der Waals surface area contributed by atoms with Crippen LogP contribution in [0.15, 0.2) is 78.9 Å². The van der Waals surface area contributed by atoms with Crippen molar-refractivity contribution >= 4 is 5.91 Å². The number of hydrogen-bond donors (Lipinski definition) is 0. The molecule has 3 heteroatoms. The highest BCUT2D eigenvalue weighted by atomic mass is 16.2. The summed E-state index contributed by atoms with van der Waals surface area (Å²) in [5.74, 6) is 0.196. The standard InChI is InChI=1S/C27H28N2O/c30-27(25-16-8-14-22-13-7-15-24(22)25)29-18-17-28(19-21-9-3-1-4-10-21)20-26(29)23-11-5-2-6-12-23/h1-6,8-12,14,16,26H,7,13,15,17-20H2. The second kappa shape index (κ2) is 8.45.